The van der Waals surface area contributed by atoms with Crippen LogP contribution < -0.4 is 4.74 Å². The normalized spacial score (nSPS) is 10.8. The number of methoxy groups -OCH3 is 1. The Morgan fingerprint density at radius 1 is 1.43 bits per heavy atom. The van der Waals surface area contributed by atoms with E-state index in [9.17, 15) is 4.39 Å². The second-order valence-corrected chi connectivity index (χ2v) is 4.28. The molecule has 0 saturated heterocycles. The van der Waals surface area contributed by atoms with Gasteiger partial charge in [0.1, 0.15) is 11.6 Å². The van der Waals surface area contributed by atoms with Crippen LogP contribution in [-0.2, 0) is 5.88 Å². The third-order valence-corrected chi connectivity index (χ3v) is 3.56. The van der Waals surface area contributed by atoms with Crippen LogP contribution in [0, 0.1) is 5.82 Å². The molecule has 0 aliphatic rings. The van der Waals surface area contributed by atoms with E-state index in [4.69, 9.17) is 16.3 Å². The van der Waals surface area contributed by atoms with Crippen LogP contribution in [0.15, 0.2) is 18.2 Å². The van der Waals surface area contributed by atoms with Crippen LogP contribution in [0.4, 0.5) is 4.39 Å². The lowest BCUT2D eigenvalue weighted by molar-refractivity contribution is 0.417. The number of alkyl halides is 1. The van der Waals surface area contributed by atoms with Crippen molar-refractivity contribution in [2.75, 3.05) is 7.11 Å². The van der Waals surface area contributed by atoms with Gasteiger partial charge in [-0.15, -0.1) is 22.9 Å². The van der Waals surface area contributed by atoms with Crippen molar-refractivity contribution < 1.29 is 9.13 Å². The number of hydrogen-bond acceptors (Lipinski definition) is 2. The number of halogens is 2. The molecule has 2 rings (SSSR count). The lowest BCUT2D eigenvalue weighted by Gasteiger charge is -2.00. The van der Waals surface area contributed by atoms with Gasteiger partial charge in [0.2, 0.25) is 0 Å². The minimum Gasteiger partial charge on any atom is -0.495 e. The summed E-state index contributed by atoms with van der Waals surface area (Å²) in [7, 11) is 1.54. The monoisotopic (exact) mass is 230 g/mol. The molecule has 0 saturated carbocycles. The highest BCUT2D eigenvalue weighted by Crippen LogP contribution is 2.34. The Morgan fingerprint density at radius 2 is 2.21 bits per heavy atom. The average molecular weight is 231 g/mol. The molecule has 1 aromatic heterocycles. The summed E-state index contributed by atoms with van der Waals surface area (Å²) in [5.74, 6) is 0.735. The largest absolute Gasteiger partial charge is 0.495 e. The smallest absolute Gasteiger partial charge is 0.139 e. The van der Waals surface area contributed by atoms with Crippen molar-refractivity contribution in [3.05, 3.63) is 28.9 Å². The summed E-state index contributed by atoms with van der Waals surface area (Å²) in [5, 5.41) is 0.850. The summed E-state index contributed by atoms with van der Waals surface area (Å²) in [5.41, 5.74) is 0. The van der Waals surface area contributed by atoms with E-state index in [0.29, 0.717) is 11.6 Å². The zero-order valence-electron chi connectivity index (χ0n) is 7.51. The summed E-state index contributed by atoms with van der Waals surface area (Å²) >= 11 is 7.24. The summed E-state index contributed by atoms with van der Waals surface area (Å²) in [6.45, 7) is 0. The zero-order chi connectivity index (χ0) is 10.1. The number of hydrogen-bond donors (Lipinski definition) is 0. The highest BCUT2D eigenvalue weighted by Gasteiger charge is 2.08. The van der Waals surface area contributed by atoms with Gasteiger partial charge in [-0.05, 0) is 17.5 Å². The molecule has 0 bridgehead atoms. The molecule has 0 aliphatic heterocycles. The average Bonchev–Trinajstić information content (AvgIpc) is 2.59. The molecule has 0 amide bonds. The van der Waals surface area contributed by atoms with Crippen LogP contribution >= 0.6 is 22.9 Å². The van der Waals surface area contributed by atoms with Crippen molar-refractivity contribution in [2.45, 2.75) is 5.88 Å². The summed E-state index contributed by atoms with van der Waals surface area (Å²) < 4.78 is 19.1. The number of fused-ring (bicyclic) bond motifs is 1. The molecular formula is C10H8ClFOS. The van der Waals surface area contributed by atoms with Crippen LogP contribution in [0.2, 0.25) is 0 Å². The molecule has 1 aromatic carbocycles. The maximum atomic E-state index is 13.1. The topological polar surface area (TPSA) is 9.23 Å². The molecule has 0 N–H and O–H groups in total. The Labute approximate surface area is 90.1 Å². The zero-order valence-corrected chi connectivity index (χ0v) is 9.08. The summed E-state index contributed by atoms with van der Waals surface area (Å²) in [4.78, 5) is 1.02. The Balaban J connectivity index is 2.71. The van der Waals surface area contributed by atoms with Gasteiger partial charge in [0, 0.05) is 10.9 Å². The van der Waals surface area contributed by atoms with E-state index in [1.54, 1.807) is 0 Å². The van der Waals surface area contributed by atoms with Gasteiger partial charge in [0.25, 0.3) is 0 Å². The highest BCUT2D eigenvalue weighted by molar-refractivity contribution is 7.19. The number of thiophene rings is 1. The third-order valence-electron chi connectivity index (χ3n) is 1.95. The fraction of sp³-hybridized carbons (Fsp3) is 0.200. The van der Waals surface area contributed by atoms with E-state index >= 15 is 0 Å². The Kier molecular flexibility index (Phi) is 2.61. The highest BCUT2D eigenvalue weighted by atomic mass is 35.5. The molecule has 0 fully saturated rings. The summed E-state index contributed by atoms with van der Waals surface area (Å²) in [6, 6.07) is 4.76. The lowest BCUT2D eigenvalue weighted by atomic mass is 10.2. The number of benzene rings is 1. The van der Waals surface area contributed by atoms with Crippen LogP contribution in [0.1, 0.15) is 4.88 Å². The van der Waals surface area contributed by atoms with Crippen molar-refractivity contribution in [1.82, 2.24) is 0 Å². The van der Waals surface area contributed by atoms with Gasteiger partial charge in [-0.1, -0.05) is 0 Å². The Bertz CT molecular complexity index is 466. The van der Waals surface area contributed by atoms with Crippen LogP contribution in [0.25, 0.3) is 10.1 Å². The Morgan fingerprint density at radius 3 is 2.86 bits per heavy atom. The van der Waals surface area contributed by atoms with Crippen molar-refractivity contribution in [2.24, 2.45) is 0 Å². The van der Waals surface area contributed by atoms with Gasteiger partial charge >= 0.3 is 0 Å². The molecular weight excluding hydrogens is 223 g/mol. The fourth-order valence-electron chi connectivity index (χ4n) is 1.36. The van der Waals surface area contributed by atoms with Gasteiger partial charge < -0.3 is 4.74 Å². The first-order chi connectivity index (χ1) is 6.74. The predicted octanol–water partition coefficient (Wildman–Crippen LogP) is 3.79. The van der Waals surface area contributed by atoms with Crippen LogP contribution in [0.3, 0.4) is 0 Å². The lowest BCUT2D eigenvalue weighted by Crippen LogP contribution is -1.83. The molecule has 74 valence electrons. The molecule has 0 atom stereocenters. The first-order valence-corrected chi connectivity index (χ1v) is 5.41. The molecule has 1 nitrogen and oxygen atoms in total. The molecule has 0 aliphatic carbocycles. The fourth-order valence-corrected chi connectivity index (χ4v) is 2.58. The van der Waals surface area contributed by atoms with E-state index in [1.165, 1.54) is 30.6 Å². The quantitative estimate of drug-likeness (QED) is 0.714. The van der Waals surface area contributed by atoms with E-state index in [2.05, 4.69) is 0 Å². The molecule has 14 heavy (non-hydrogen) atoms. The second kappa shape index (κ2) is 3.75. The van der Waals surface area contributed by atoms with Gasteiger partial charge in [-0.25, -0.2) is 4.39 Å². The van der Waals surface area contributed by atoms with Crippen molar-refractivity contribution in [3.63, 3.8) is 0 Å². The number of rotatable bonds is 2. The molecule has 1 heterocycles. The first-order valence-electron chi connectivity index (χ1n) is 4.06. The van der Waals surface area contributed by atoms with Crippen molar-refractivity contribution in [1.29, 1.82) is 0 Å². The molecule has 2 aromatic rings. The van der Waals surface area contributed by atoms with Crippen LogP contribution in [0.5, 0.6) is 5.75 Å². The summed E-state index contributed by atoms with van der Waals surface area (Å²) in [6.07, 6.45) is 0. The van der Waals surface area contributed by atoms with Crippen LogP contribution in [-0.4, -0.2) is 7.11 Å². The first kappa shape index (κ1) is 9.74. The minimum atomic E-state index is -0.284. The minimum absolute atomic E-state index is 0.284. The Hall–Kier alpha value is -0.800. The SMILES string of the molecule is COc1cc(F)cc2cc(CCl)sc12. The van der Waals surface area contributed by atoms with Gasteiger partial charge in [0.05, 0.1) is 17.7 Å². The van der Waals surface area contributed by atoms with Gasteiger partial charge in [-0.2, -0.15) is 0 Å². The number of ether oxygens (including phenoxy) is 1. The van der Waals surface area contributed by atoms with Gasteiger partial charge in [-0.3, -0.25) is 0 Å². The molecule has 0 spiro atoms. The molecule has 4 heteroatoms. The van der Waals surface area contributed by atoms with E-state index in [-0.39, 0.29) is 5.82 Å². The second-order valence-electron chi connectivity index (χ2n) is 2.87. The van der Waals surface area contributed by atoms with E-state index in [0.717, 1.165) is 15.0 Å². The van der Waals surface area contributed by atoms with Crippen molar-refractivity contribution >= 4 is 33.0 Å². The maximum absolute atomic E-state index is 13.1. The van der Waals surface area contributed by atoms with E-state index < -0.39 is 0 Å². The van der Waals surface area contributed by atoms with E-state index in [1.807, 2.05) is 6.07 Å². The predicted molar refractivity (Wildman–Crippen MR) is 57.9 cm³/mol. The maximum Gasteiger partial charge on any atom is 0.139 e. The standard InChI is InChI=1S/C10H8ClFOS/c1-13-9-4-7(12)2-6-3-8(5-11)14-10(6)9/h2-4H,5H2,1H3. The molecule has 0 radical (unpaired) electrons. The third kappa shape index (κ3) is 1.57. The molecule has 0 unspecified atom stereocenters. The van der Waals surface area contributed by atoms with Crippen molar-refractivity contribution in [3.8, 4) is 5.75 Å². The van der Waals surface area contributed by atoms with Gasteiger partial charge in [0.15, 0.2) is 0 Å².